The van der Waals surface area contributed by atoms with Gasteiger partial charge in [0.2, 0.25) is 9.84 Å². The number of aliphatic hydroxyl groups excluding tert-OH is 1. The molecule has 0 saturated heterocycles. The maximum atomic E-state index is 12.3. The average molecular weight is 274 g/mol. The minimum atomic E-state index is -3.50. The molecule has 0 aliphatic heterocycles. The van der Waals surface area contributed by atoms with Gasteiger partial charge in [-0.05, 0) is 29.8 Å². The van der Waals surface area contributed by atoms with Crippen LogP contribution in [-0.4, -0.2) is 13.5 Å². The minimum Gasteiger partial charge on any atom is -0.384 e. The maximum absolute atomic E-state index is 12.3. The van der Waals surface area contributed by atoms with Gasteiger partial charge in [0, 0.05) is 0 Å². The van der Waals surface area contributed by atoms with Gasteiger partial charge in [-0.2, -0.15) is 0 Å². The Bertz CT molecular complexity index is 658. The van der Waals surface area contributed by atoms with Crippen molar-refractivity contribution in [3.8, 4) is 0 Å². The molecule has 0 heterocycles. The minimum absolute atomic E-state index is 0.207. The first-order valence-electron chi connectivity index (χ1n) is 5.76. The molecule has 3 nitrogen and oxygen atoms in total. The van der Waals surface area contributed by atoms with Crippen LogP contribution in [0, 0.1) is 0 Å². The highest BCUT2D eigenvalue weighted by molar-refractivity contribution is 7.91. The lowest BCUT2D eigenvalue weighted by Gasteiger charge is -2.08. The molecule has 2 aromatic carbocycles. The summed E-state index contributed by atoms with van der Waals surface area (Å²) in [6.45, 7) is 3.49. The van der Waals surface area contributed by atoms with Crippen LogP contribution < -0.4 is 0 Å². The van der Waals surface area contributed by atoms with Gasteiger partial charge in [-0.1, -0.05) is 36.4 Å². The fourth-order valence-electron chi connectivity index (χ4n) is 1.72. The van der Waals surface area contributed by atoms with Gasteiger partial charge < -0.3 is 5.11 Å². The third kappa shape index (κ3) is 2.75. The maximum Gasteiger partial charge on any atom is 0.206 e. The lowest BCUT2D eigenvalue weighted by Crippen LogP contribution is -2.02. The van der Waals surface area contributed by atoms with Crippen molar-refractivity contribution >= 4 is 9.84 Å². The quantitative estimate of drug-likeness (QED) is 0.872. The molecule has 0 fully saturated rings. The third-order valence-electron chi connectivity index (χ3n) is 2.81. The molecule has 0 amide bonds. The summed E-state index contributed by atoms with van der Waals surface area (Å²) in [5.41, 5.74) is 0.613. The molecule has 0 spiro atoms. The highest BCUT2D eigenvalue weighted by Crippen LogP contribution is 2.22. The van der Waals surface area contributed by atoms with Crippen molar-refractivity contribution in [2.24, 2.45) is 0 Å². The molecule has 0 aliphatic rings. The Labute approximate surface area is 112 Å². The van der Waals surface area contributed by atoms with Gasteiger partial charge >= 0.3 is 0 Å². The van der Waals surface area contributed by atoms with Crippen LogP contribution in [0.4, 0.5) is 0 Å². The number of hydrogen-bond donors (Lipinski definition) is 1. The largest absolute Gasteiger partial charge is 0.384 e. The molecular weight excluding hydrogens is 260 g/mol. The molecule has 4 heteroatoms. The zero-order valence-electron chi connectivity index (χ0n) is 10.2. The third-order valence-corrected chi connectivity index (χ3v) is 4.59. The highest BCUT2D eigenvalue weighted by atomic mass is 32.2. The molecule has 0 saturated carbocycles. The second kappa shape index (κ2) is 5.38. The molecule has 0 radical (unpaired) electrons. The van der Waals surface area contributed by atoms with Gasteiger partial charge in [0.15, 0.2) is 0 Å². The average Bonchev–Trinajstić information content (AvgIpc) is 2.47. The predicted molar refractivity (Wildman–Crippen MR) is 73.5 cm³/mol. The lowest BCUT2D eigenvalue weighted by molar-refractivity contribution is 0.229. The summed E-state index contributed by atoms with van der Waals surface area (Å²) < 4.78 is 24.6. The second-order valence-corrected chi connectivity index (χ2v) is 6.02. The molecule has 0 aromatic heterocycles. The van der Waals surface area contributed by atoms with E-state index in [1.165, 1.54) is 18.2 Å². The van der Waals surface area contributed by atoms with Crippen LogP contribution >= 0.6 is 0 Å². The molecule has 2 aromatic rings. The van der Waals surface area contributed by atoms with Crippen LogP contribution in [0.25, 0.3) is 0 Å². The Balaban J connectivity index is 2.40. The van der Waals surface area contributed by atoms with Crippen LogP contribution in [0.2, 0.25) is 0 Å². The van der Waals surface area contributed by atoms with E-state index in [9.17, 15) is 13.5 Å². The summed E-state index contributed by atoms with van der Waals surface area (Å²) in [5.74, 6) is 0. The Morgan fingerprint density at radius 2 is 1.47 bits per heavy atom. The van der Waals surface area contributed by atoms with Gasteiger partial charge in [-0.25, -0.2) is 8.42 Å². The van der Waals surface area contributed by atoms with E-state index >= 15 is 0 Å². The summed E-state index contributed by atoms with van der Waals surface area (Å²) in [6, 6.07) is 14.4. The normalized spacial score (nSPS) is 12.9. The van der Waals surface area contributed by atoms with E-state index < -0.39 is 15.9 Å². The molecule has 19 heavy (non-hydrogen) atoms. The van der Waals surface area contributed by atoms with Gasteiger partial charge in [-0.15, -0.1) is 6.58 Å². The molecule has 98 valence electrons. The van der Waals surface area contributed by atoms with E-state index in [-0.39, 0.29) is 9.79 Å². The van der Waals surface area contributed by atoms with E-state index in [4.69, 9.17) is 0 Å². The Morgan fingerprint density at radius 3 is 2.00 bits per heavy atom. The number of hydrogen-bond acceptors (Lipinski definition) is 3. The van der Waals surface area contributed by atoms with E-state index in [0.717, 1.165) is 0 Å². The topological polar surface area (TPSA) is 54.4 Å². The predicted octanol–water partition coefficient (Wildman–Crippen LogP) is 2.74. The fourth-order valence-corrected chi connectivity index (χ4v) is 3.00. The number of sulfone groups is 1. The zero-order chi connectivity index (χ0) is 13.9. The fraction of sp³-hybridized carbons (Fsp3) is 0.0667. The van der Waals surface area contributed by atoms with Gasteiger partial charge in [0.1, 0.15) is 0 Å². The number of benzene rings is 2. The summed E-state index contributed by atoms with van der Waals surface area (Å²) >= 11 is 0. The van der Waals surface area contributed by atoms with Crippen molar-refractivity contribution in [1.82, 2.24) is 0 Å². The Hall–Kier alpha value is -1.91. The van der Waals surface area contributed by atoms with Crippen molar-refractivity contribution < 1.29 is 13.5 Å². The van der Waals surface area contributed by atoms with Crippen molar-refractivity contribution in [2.45, 2.75) is 15.9 Å². The van der Waals surface area contributed by atoms with E-state index in [0.29, 0.717) is 5.56 Å². The summed E-state index contributed by atoms with van der Waals surface area (Å²) in [6.07, 6.45) is 0.606. The van der Waals surface area contributed by atoms with Crippen molar-refractivity contribution in [3.63, 3.8) is 0 Å². The molecule has 1 N–H and O–H groups in total. The Kier molecular flexibility index (Phi) is 3.83. The van der Waals surface area contributed by atoms with Crippen molar-refractivity contribution in [2.75, 3.05) is 0 Å². The first-order valence-corrected chi connectivity index (χ1v) is 7.25. The van der Waals surface area contributed by atoms with Crippen molar-refractivity contribution in [1.29, 1.82) is 0 Å². The highest BCUT2D eigenvalue weighted by Gasteiger charge is 2.17. The summed E-state index contributed by atoms with van der Waals surface area (Å²) in [4.78, 5) is 0.464. The Morgan fingerprint density at radius 1 is 0.947 bits per heavy atom. The smallest absolute Gasteiger partial charge is 0.206 e. The van der Waals surface area contributed by atoms with Crippen LogP contribution in [0.15, 0.2) is 77.0 Å². The molecule has 0 bridgehead atoms. The van der Waals surface area contributed by atoms with Gasteiger partial charge in [0.25, 0.3) is 0 Å². The zero-order valence-corrected chi connectivity index (χ0v) is 11.0. The number of rotatable bonds is 4. The van der Waals surface area contributed by atoms with Crippen LogP contribution in [0.3, 0.4) is 0 Å². The molecular formula is C15H14O3S. The summed E-state index contributed by atoms with van der Waals surface area (Å²) in [5, 5.41) is 9.57. The monoisotopic (exact) mass is 274 g/mol. The van der Waals surface area contributed by atoms with Crippen LogP contribution in [0.5, 0.6) is 0 Å². The van der Waals surface area contributed by atoms with E-state index in [1.807, 2.05) is 0 Å². The molecule has 0 aliphatic carbocycles. The van der Waals surface area contributed by atoms with Gasteiger partial charge in [0.05, 0.1) is 15.9 Å². The second-order valence-electron chi connectivity index (χ2n) is 4.07. The SMILES string of the molecule is C=CC(O)c1ccc(S(=O)(=O)c2ccccc2)cc1. The first-order chi connectivity index (χ1) is 9.05. The number of aliphatic hydroxyl groups is 1. The summed E-state index contributed by atoms with van der Waals surface area (Å²) in [7, 11) is -3.50. The van der Waals surface area contributed by atoms with Crippen LogP contribution in [0.1, 0.15) is 11.7 Å². The lowest BCUT2D eigenvalue weighted by atomic mass is 10.1. The standard InChI is InChI=1S/C15H14O3S/c1-2-15(16)12-8-10-14(11-9-12)19(17,18)13-6-4-3-5-7-13/h2-11,15-16H,1H2. The first kappa shape index (κ1) is 13.5. The molecule has 1 unspecified atom stereocenters. The van der Waals surface area contributed by atoms with E-state index in [2.05, 4.69) is 6.58 Å². The van der Waals surface area contributed by atoms with Gasteiger partial charge in [-0.3, -0.25) is 0 Å². The van der Waals surface area contributed by atoms with E-state index in [1.54, 1.807) is 42.5 Å². The van der Waals surface area contributed by atoms with Crippen LogP contribution in [-0.2, 0) is 9.84 Å². The molecule has 2 rings (SSSR count). The molecule has 1 atom stereocenters. The van der Waals surface area contributed by atoms with Crippen molar-refractivity contribution in [3.05, 3.63) is 72.8 Å².